The highest BCUT2D eigenvalue weighted by molar-refractivity contribution is 5.68. The van der Waals surface area contributed by atoms with Gasteiger partial charge in [-0.2, -0.15) is 0 Å². The van der Waals surface area contributed by atoms with Crippen LogP contribution in [0.15, 0.2) is 0 Å². The van der Waals surface area contributed by atoms with E-state index < -0.39 is 5.60 Å². The van der Waals surface area contributed by atoms with E-state index in [0.29, 0.717) is 6.04 Å². The first-order chi connectivity index (χ1) is 8.44. The van der Waals surface area contributed by atoms with Crippen molar-refractivity contribution in [1.82, 2.24) is 10.2 Å². The lowest BCUT2D eigenvalue weighted by Crippen LogP contribution is -2.38. The van der Waals surface area contributed by atoms with Crippen LogP contribution in [0.1, 0.15) is 52.9 Å². The van der Waals surface area contributed by atoms with Crippen LogP contribution in [0.2, 0.25) is 0 Å². The van der Waals surface area contributed by atoms with Crippen molar-refractivity contribution in [3.05, 3.63) is 0 Å². The molecule has 1 atom stereocenters. The monoisotopic (exact) mass is 254 g/mol. The van der Waals surface area contributed by atoms with Crippen molar-refractivity contribution in [2.24, 2.45) is 0 Å². The summed E-state index contributed by atoms with van der Waals surface area (Å²) in [6.45, 7) is 7.40. The SMILES string of the molecule is CC(C)(C)OC(=O)N1CCCC(NC2CC2)CC1. The van der Waals surface area contributed by atoms with Crippen LogP contribution < -0.4 is 5.32 Å². The van der Waals surface area contributed by atoms with Crippen LogP contribution in [0.5, 0.6) is 0 Å². The van der Waals surface area contributed by atoms with Gasteiger partial charge in [-0.15, -0.1) is 0 Å². The molecule has 18 heavy (non-hydrogen) atoms. The van der Waals surface area contributed by atoms with E-state index in [0.717, 1.165) is 32.0 Å². The Hall–Kier alpha value is -0.770. The third-order valence-corrected chi connectivity index (χ3v) is 3.43. The number of nitrogens with zero attached hydrogens (tertiary/aromatic N) is 1. The van der Waals surface area contributed by atoms with Gasteiger partial charge in [0.1, 0.15) is 5.60 Å². The molecule has 1 heterocycles. The molecule has 0 bridgehead atoms. The molecule has 2 aliphatic rings. The fourth-order valence-electron chi connectivity index (χ4n) is 2.36. The number of ether oxygens (including phenoxy) is 1. The van der Waals surface area contributed by atoms with Crippen LogP contribution in [0.4, 0.5) is 4.79 Å². The zero-order chi connectivity index (χ0) is 13.2. The Kier molecular flexibility index (Phi) is 4.15. The van der Waals surface area contributed by atoms with E-state index in [1.807, 2.05) is 25.7 Å². The second-order valence-electron chi connectivity index (χ2n) is 6.54. The molecule has 1 amide bonds. The molecule has 0 radical (unpaired) electrons. The van der Waals surface area contributed by atoms with Crippen molar-refractivity contribution in [2.75, 3.05) is 13.1 Å². The van der Waals surface area contributed by atoms with Crippen molar-refractivity contribution >= 4 is 6.09 Å². The third-order valence-electron chi connectivity index (χ3n) is 3.43. The van der Waals surface area contributed by atoms with Gasteiger partial charge in [0.2, 0.25) is 0 Å². The van der Waals surface area contributed by atoms with E-state index in [1.165, 1.54) is 19.3 Å². The highest BCUT2D eigenvalue weighted by atomic mass is 16.6. The van der Waals surface area contributed by atoms with Gasteiger partial charge in [0, 0.05) is 25.2 Å². The van der Waals surface area contributed by atoms with Gasteiger partial charge in [-0.1, -0.05) is 0 Å². The molecule has 2 fully saturated rings. The molecule has 2 rings (SSSR count). The second-order valence-corrected chi connectivity index (χ2v) is 6.54. The summed E-state index contributed by atoms with van der Waals surface area (Å²) in [5.74, 6) is 0. The fraction of sp³-hybridized carbons (Fsp3) is 0.929. The van der Waals surface area contributed by atoms with Gasteiger partial charge in [0.05, 0.1) is 0 Å². The summed E-state index contributed by atoms with van der Waals surface area (Å²) in [7, 11) is 0. The average molecular weight is 254 g/mol. The van der Waals surface area contributed by atoms with Gasteiger partial charge in [0.25, 0.3) is 0 Å². The predicted octanol–water partition coefficient (Wildman–Crippen LogP) is 2.53. The predicted molar refractivity (Wildman–Crippen MR) is 71.6 cm³/mol. The number of carbonyl (C=O) groups is 1. The lowest BCUT2D eigenvalue weighted by molar-refractivity contribution is 0.0256. The molecule has 1 aliphatic heterocycles. The Bertz CT molecular complexity index is 295. The van der Waals surface area contributed by atoms with Gasteiger partial charge in [-0.25, -0.2) is 4.79 Å². The highest BCUT2D eigenvalue weighted by Crippen LogP contribution is 2.22. The molecular formula is C14H26N2O2. The zero-order valence-corrected chi connectivity index (χ0v) is 11.9. The Balaban J connectivity index is 1.78. The normalized spacial score (nSPS) is 25.7. The lowest BCUT2D eigenvalue weighted by atomic mass is 10.1. The fourth-order valence-corrected chi connectivity index (χ4v) is 2.36. The van der Waals surface area contributed by atoms with Gasteiger partial charge >= 0.3 is 6.09 Å². The zero-order valence-electron chi connectivity index (χ0n) is 11.9. The molecule has 1 unspecified atom stereocenters. The molecule has 0 aromatic heterocycles. The maximum atomic E-state index is 12.0. The van der Waals surface area contributed by atoms with E-state index in [4.69, 9.17) is 4.74 Å². The summed E-state index contributed by atoms with van der Waals surface area (Å²) < 4.78 is 5.43. The van der Waals surface area contributed by atoms with Crippen LogP contribution in [-0.2, 0) is 4.74 Å². The minimum Gasteiger partial charge on any atom is -0.444 e. The molecule has 0 aromatic rings. The summed E-state index contributed by atoms with van der Waals surface area (Å²) in [6.07, 6.45) is 5.79. The van der Waals surface area contributed by atoms with Crippen molar-refractivity contribution in [3.8, 4) is 0 Å². The van der Waals surface area contributed by atoms with Crippen molar-refractivity contribution in [3.63, 3.8) is 0 Å². The number of rotatable bonds is 2. The summed E-state index contributed by atoms with van der Waals surface area (Å²) in [4.78, 5) is 13.9. The molecule has 1 aliphatic carbocycles. The third kappa shape index (κ3) is 4.48. The first-order valence-corrected chi connectivity index (χ1v) is 7.18. The number of nitrogens with one attached hydrogen (secondary N) is 1. The van der Waals surface area contributed by atoms with Crippen molar-refractivity contribution in [1.29, 1.82) is 0 Å². The topological polar surface area (TPSA) is 41.6 Å². The van der Waals surface area contributed by atoms with Gasteiger partial charge in [-0.05, 0) is 52.9 Å². The minimum atomic E-state index is -0.394. The lowest BCUT2D eigenvalue weighted by Gasteiger charge is -2.26. The molecule has 1 N–H and O–H groups in total. The number of amides is 1. The van der Waals surface area contributed by atoms with Gasteiger partial charge < -0.3 is 15.0 Å². The summed E-state index contributed by atoms with van der Waals surface area (Å²) >= 11 is 0. The highest BCUT2D eigenvalue weighted by Gasteiger charge is 2.28. The Labute approximate surface area is 110 Å². The van der Waals surface area contributed by atoms with E-state index in [9.17, 15) is 4.79 Å². The van der Waals surface area contributed by atoms with Gasteiger partial charge in [-0.3, -0.25) is 0 Å². The van der Waals surface area contributed by atoms with Crippen LogP contribution >= 0.6 is 0 Å². The summed E-state index contributed by atoms with van der Waals surface area (Å²) in [5, 5.41) is 3.66. The van der Waals surface area contributed by atoms with E-state index in [-0.39, 0.29) is 6.09 Å². The summed E-state index contributed by atoms with van der Waals surface area (Å²) in [5.41, 5.74) is -0.394. The molecule has 4 nitrogen and oxygen atoms in total. The standard InChI is InChI=1S/C14H26N2O2/c1-14(2,3)18-13(17)16-9-4-5-11(8-10-16)15-12-6-7-12/h11-12,15H,4-10H2,1-3H3. The molecular weight excluding hydrogens is 228 g/mol. The Morgan fingerprint density at radius 3 is 2.39 bits per heavy atom. The molecule has 1 saturated carbocycles. The Morgan fingerprint density at radius 1 is 1.11 bits per heavy atom. The average Bonchev–Trinajstić information content (AvgIpc) is 3.03. The maximum absolute atomic E-state index is 12.0. The molecule has 104 valence electrons. The molecule has 4 heteroatoms. The first-order valence-electron chi connectivity index (χ1n) is 7.18. The molecule has 0 spiro atoms. The molecule has 0 aromatic carbocycles. The molecule has 1 saturated heterocycles. The van der Waals surface area contributed by atoms with Crippen LogP contribution in [0, 0.1) is 0 Å². The van der Waals surface area contributed by atoms with E-state index in [2.05, 4.69) is 5.32 Å². The Morgan fingerprint density at radius 2 is 1.78 bits per heavy atom. The number of likely N-dealkylation sites (tertiary alicyclic amines) is 1. The van der Waals surface area contributed by atoms with Crippen LogP contribution in [0.3, 0.4) is 0 Å². The van der Waals surface area contributed by atoms with E-state index in [1.54, 1.807) is 0 Å². The largest absolute Gasteiger partial charge is 0.444 e. The minimum absolute atomic E-state index is 0.158. The van der Waals surface area contributed by atoms with Gasteiger partial charge in [0.15, 0.2) is 0 Å². The number of hydrogen-bond acceptors (Lipinski definition) is 3. The van der Waals surface area contributed by atoms with Crippen LogP contribution in [-0.4, -0.2) is 41.8 Å². The van der Waals surface area contributed by atoms with E-state index >= 15 is 0 Å². The quantitative estimate of drug-likeness (QED) is 0.823. The summed E-state index contributed by atoms with van der Waals surface area (Å²) in [6, 6.07) is 1.34. The number of hydrogen-bond donors (Lipinski definition) is 1. The maximum Gasteiger partial charge on any atom is 0.410 e. The smallest absolute Gasteiger partial charge is 0.410 e. The van der Waals surface area contributed by atoms with Crippen LogP contribution in [0.25, 0.3) is 0 Å². The van der Waals surface area contributed by atoms with Crippen molar-refractivity contribution < 1.29 is 9.53 Å². The second kappa shape index (κ2) is 5.47. The number of carbonyl (C=O) groups excluding carboxylic acids is 1. The first kappa shape index (κ1) is 13.7. The van der Waals surface area contributed by atoms with Crippen molar-refractivity contribution in [2.45, 2.75) is 70.6 Å².